The summed E-state index contributed by atoms with van der Waals surface area (Å²) in [5.41, 5.74) is 0. The van der Waals surface area contributed by atoms with E-state index in [-0.39, 0.29) is 0 Å². The highest BCUT2D eigenvalue weighted by molar-refractivity contribution is 7.93. The highest BCUT2D eigenvalue weighted by atomic mass is 32.2. The summed E-state index contributed by atoms with van der Waals surface area (Å²) in [7, 11) is 0. The van der Waals surface area contributed by atoms with Crippen molar-refractivity contribution in [3.8, 4) is 0 Å². The van der Waals surface area contributed by atoms with Gasteiger partial charge in [-0.2, -0.15) is 0 Å². The van der Waals surface area contributed by atoms with Crippen molar-refractivity contribution in [3.63, 3.8) is 0 Å². The van der Waals surface area contributed by atoms with Gasteiger partial charge in [0.15, 0.2) is 0 Å². The second kappa shape index (κ2) is 10.2. The molecule has 0 spiro atoms. The Morgan fingerprint density at radius 3 is 2.64 bits per heavy atom. The van der Waals surface area contributed by atoms with Gasteiger partial charge in [-0.3, -0.25) is 0 Å². The Hall–Kier alpha value is 0.190. The van der Waals surface area contributed by atoms with Gasteiger partial charge in [0, 0.05) is 24.9 Å². The molecule has 5 heteroatoms. The highest BCUT2D eigenvalue weighted by Crippen LogP contribution is 1.95. The van der Waals surface area contributed by atoms with Gasteiger partial charge in [0.05, 0.1) is 6.61 Å². The van der Waals surface area contributed by atoms with Crippen molar-refractivity contribution in [3.05, 3.63) is 0 Å². The van der Waals surface area contributed by atoms with Crippen molar-refractivity contribution in [2.24, 2.45) is 0 Å². The first kappa shape index (κ1) is 11.2. The lowest BCUT2D eigenvalue weighted by Gasteiger charge is -2.01. The molecule has 0 N–H and O–H groups in total. The fraction of sp³-hybridized carbons (Fsp3) is 1.00. The third-order valence-electron chi connectivity index (χ3n) is 0.803. The zero-order valence-corrected chi connectivity index (χ0v) is 7.69. The van der Waals surface area contributed by atoms with E-state index in [2.05, 4.69) is 14.3 Å². The summed E-state index contributed by atoms with van der Waals surface area (Å²) in [6.07, 6.45) is 2.75. The van der Waals surface area contributed by atoms with Crippen LogP contribution in [0, 0.1) is 0 Å². The van der Waals surface area contributed by atoms with E-state index in [9.17, 15) is 0 Å². The number of ether oxygens (including phenoxy) is 1. The minimum absolute atomic E-state index is 0.389. The summed E-state index contributed by atoms with van der Waals surface area (Å²) in [5, 5.41) is 4.25. The molecule has 0 aromatic heterocycles. The lowest BCUT2D eigenvalue weighted by Crippen LogP contribution is -2.04. The molecule has 0 aliphatic rings. The number of hydrogen-bond acceptors (Lipinski definition) is 5. The molecule has 0 unspecified atom stereocenters. The normalized spacial score (nSPS) is 10.4. The molecule has 0 bridgehead atoms. The van der Waals surface area contributed by atoms with E-state index in [0.29, 0.717) is 13.2 Å². The predicted molar refractivity (Wildman–Crippen MR) is 42.7 cm³/mol. The van der Waals surface area contributed by atoms with Crippen molar-refractivity contribution in [1.29, 1.82) is 0 Å². The second-order valence-corrected chi connectivity index (χ2v) is 2.21. The first-order valence-electron chi connectivity index (χ1n) is 3.48. The van der Waals surface area contributed by atoms with Gasteiger partial charge in [0.25, 0.3) is 0 Å². The minimum Gasteiger partial charge on any atom is -0.379 e. The summed E-state index contributed by atoms with van der Waals surface area (Å²) in [5.74, 6) is 0. The van der Waals surface area contributed by atoms with Crippen LogP contribution in [-0.2, 0) is 19.0 Å². The first-order chi connectivity index (χ1) is 5.41. The van der Waals surface area contributed by atoms with Gasteiger partial charge < -0.3 is 4.74 Å². The van der Waals surface area contributed by atoms with Crippen LogP contribution in [0.4, 0.5) is 0 Å². The molecule has 68 valence electrons. The van der Waals surface area contributed by atoms with Crippen molar-refractivity contribution < 1.29 is 19.0 Å². The van der Waals surface area contributed by atoms with Crippen molar-refractivity contribution in [2.75, 3.05) is 26.1 Å². The maximum absolute atomic E-state index is 5.10. The zero-order chi connectivity index (χ0) is 8.36. The molecule has 0 aliphatic heterocycles. The molecule has 11 heavy (non-hydrogen) atoms. The van der Waals surface area contributed by atoms with E-state index in [1.807, 2.05) is 6.92 Å². The highest BCUT2D eigenvalue weighted by Gasteiger charge is 1.88. The third kappa shape index (κ3) is 10.2. The summed E-state index contributed by atoms with van der Waals surface area (Å²) >= 11 is 1.08. The Labute approximate surface area is 71.2 Å². The topological polar surface area (TPSA) is 36.9 Å². The van der Waals surface area contributed by atoms with Crippen LogP contribution >= 0.6 is 12.0 Å². The standard InChI is InChI=1S/C6H14O4S/c1-3-4-7-5-6-8-9-10-11-2/h3-6H2,1-2H3. The monoisotopic (exact) mass is 182 g/mol. The van der Waals surface area contributed by atoms with Gasteiger partial charge in [-0.15, -0.1) is 4.33 Å². The lowest BCUT2D eigenvalue weighted by atomic mass is 10.5. The van der Waals surface area contributed by atoms with Crippen LogP contribution in [0.2, 0.25) is 0 Å². The summed E-state index contributed by atoms with van der Waals surface area (Å²) in [6, 6.07) is 0. The Kier molecular flexibility index (Phi) is 10.4. The molecular weight excluding hydrogens is 168 g/mol. The third-order valence-corrected chi connectivity index (χ3v) is 0.995. The molecule has 0 fully saturated rings. The van der Waals surface area contributed by atoms with Crippen molar-refractivity contribution in [1.82, 2.24) is 0 Å². The van der Waals surface area contributed by atoms with Crippen molar-refractivity contribution in [2.45, 2.75) is 13.3 Å². The average molecular weight is 182 g/mol. The molecule has 0 saturated carbocycles. The van der Waals surface area contributed by atoms with Crippen LogP contribution in [0.25, 0.3) is 0 Å². The molecule has 0 aromatic rings. The Balaban J connectivity index is 2.69. The SMILES string of the molecule is CCCOCCOOOSC. The van der Waals surface area contributed by atoms with Gasteiger partial charge in [-0.25, -0.2) is 4.89 Å². The van der Waals surface area contributed by atoms with E-state index in [1.54, 1.807) is 6.26 Å². The van der Waals surface area contributed by atoms with Crippen LogP contribution in [0.5, 0.6) is 0 Å². The van der Waals surface area contributed by atoms with E-state index in [4.69, 9.17) is 4.74 Å². The molecule has 0 rings (SSSR count). The van der Waals surface area contributed by atoms with Gasteiger partial charge in [-0.05, 0) is 6.42 Å². The van der Waals surface area contributed by atoms with Crippen LogP contribution in [0.1, 0.15) is 13.3 Å². The van der Waals surface area contributed by atoms with Gasteiger partial charge in [0.2, 0.25) is 0 Å². The van der Waals surface area contributed by atoms with Crippen LogP contribution < -0.4 is 0 Å². The van der Waals surface area contributed by atoms with Gasteiger partial charge in [0.1, 0.15) is 6.61 Å². The van der Waals surface area contributed by atoms with Crippen LogP contribution in [0.3, 0.4) is 0 Å². The van der Waals surface area contributed by atoms with E-state index >= 15 is 0 Å². The van der Waals surface area contributed by atoms with Crippen molar-refractivity contribution >= 4 is 12.0 Å². The fourth-order valence-corrected chi connectivity index (χ4v) is 0.516. The number of rotatable bonds is 8. The Morgan fingerprint density at radius 2 is 2.00 bits per heavy atom. The lowest BCUT2D eigenvalue weighted by molar-refractivity contribution is -0.461. The van der Waals surface area contributed by atoms with Crippen LogP contribution in [0.15, 0.2) is 0 Å². The molecule has 0 heterocycles. The minimum atomic E-state index is 0.389. The quantitative estimate of drug-likeness (QED) is 0.246. The van der Waals surface area contributed by atoms with Crippen LogP contribution in [-0.4, -0.2) is 26.1 Å². The van der Waals surface area contributed by atoms with E-state index in [0.717, 1.165) is 25.1 Å². The molecule has 0 radical (unpaired) electrons. The zero-order valence-electron chi connectivity index (χ0n) is 6.87. The first-order valence-corrected chi connectivity index (χ1v) is 4.63. The molecule has 0 amide bonds. The largest absolute Gasteiger partial charge is 0.379 e. The van der Waals surface area contributed by atoms with E-state index in [1.165, 1.54) is 0 Å². The molecule has 0 aliphatic carbocycles. The number of hydrogen-bond donors (Lipinski definition) is 0. The van der Waals surface area contributed by atoms with E-state index < -0.39 is 0 Å². The molecule has 0 atom stereocenters. The average Bonchev–Trinajstić information content (AvgIpc) is 2.03. The summed E-state index contributed by atoms with van der Waals surface area (Å²) in [4.78, 5) is 4.55. The maximum atomic E-state index is 5.10. The Morgan fingerprint density at radius 1 is 1.18 bits per heavy atom. The maximum Gasteiger partial charge on any atom is 0.109 e. The summed E-state index contributed by atoms with van der Waals surface area (Å²) < 4.78 is 9.47. The second-order valence-electron chi connectivity index (χ2n) is 1.74. The molecule has 4 nitrogen and oxygen atoms in total. The molecule has 0 saturated heterocycles. The predicted octanol–water partition coefficient (Wildman–Crippen LogP) is 1.57. The fourth-order valence-electron chi connectivity index (χ4n) is 0.421. The Bertz CT molecular complexity index is 63.6. The summed E-state index contributed by atoms with van der Waals surface area (Å²) in [6.45, 7) is 3.73. The van der Waals surface area contributed by atoms with Gasteiger partial charge >= 0.3 is 0 Å². The molecule has 0 aromatic carbocycles. The smallest absolute Gasteiger partial charge is 0.109 e. The van der Waals surface area contributed by atoms with Gasteiger partial charge in [-0.1, -0.05) is 12.0 Å². The molecular formula is C6H14O4S.